The standard InChI is InChI=1S/C14H20Cl2N2O/c1-9(18-7-10-6-17-8-14(10)19)5-11-12(15)3-2-4-13(11)16/h2-4,9-10,14,17-19H,5-8H2,1H3. The Balaban J connectivity index is 1.85. The van der Waals surface area contributed by atoms with Gasteiger partial charge in [0.05, 0.1) is 6.10 Å². The lowest BCUT2D eigenvalue weighted by molar-refractivity contribution is 0.145. The average molecular weight is 303 g/mol. The van der Waals surface area contributed by atoms with E-state index in [1.165, 1.54) is 0 Å². The van der Waals surface area contributed by atoms with Crippen molar-refractivity contribution < 1.29 is 5.11 Å². The summed E-state index contributed by atoms with van der Waals surface area (Å²) in [4.78, 5) is 0. The van der Waals surface area contributed by atoms with Crippen LogP contribution in [0.4, 0.5) is 0 Å². The van der Waals surface area contributed by atoms with Gasteiger partial charge in [0, 0.05) is 41.6 Å². The second kappa shape index (κ2) is 6.91. The highest BCUT2D eigenvalue weighted by Gasteiger charge is 2.24. The lowest BCUT2D eigenvalue weighted by atomic mass is 10.0. The van der Waals surface area contributed by atoms with Crippen molar-refractivity contribution in [2.75, 3.05) is 19.6 Å². The van der Waals surface area contributed by atoms with Gasteiger partial charge in [0.1, 0.15) is 0 Å². The van der Waals surface area contributed by atoms with Crippen LogP contribution in [0.5, 0.6) is 0 Å². The van der Waals surface area contributed by atoms with Gasteiger partial charge in [0.2, 0.25) is 0 Å². The quantitative estimate of drug-likeness (QED) is 0.780. The molecule has 1 saturated heterocycles. The second-order valence-corrected chi connectivity index (χ2v) is 6.01. The van der Waals surface area contributed by atoms with Gasteiger partial charge >= 0.3 is 0 Å². The van der Waals surface area contributed by atoms with Gasteiger partial charge in [-0.05, 0) is 31.0 Å². The summed E-state index contributed by atoms with van der Waals surface area (Å²) < 4.78 is 0. The highest BCUT2D eigenvalue weighted by molar-refractivity contribution is 6.35. The van der Waals surface area contributed by atoms with Gasteiger partial charge in [0.15, 0.2) is 0 Å². The van der Waals surface area contributed by atoms with E-state index in [-0.39, 0.29) is 18.1 Å². The first-order valence-corrected chi connectivity index (χ1v) is 7.38. The van der Waals surface area contributed by atoms with E-state index in [4.69, 9.17) is 23.2 Å². The zero-order chi connectivity index (χ0) is 13.8. The number of aliphatic hydroxyl groups is 1. The van der Waals surface area contributed by atoms with Gasteiger partial charge in [-0.15, -0.1) is 0 Å². The van der Waals surface area contributed by atoms with Crippen molar-refractivity contribution in [1.29, 1.82) is 0 Å². The summed E-state index contributed by atoms with van der Waals surface area (Å²) in [5.74, 6) is 0.282. The number of halogens is 2. The Morgan fingerprint density at radius 2 is 2.05 bits per heavy atom. The van der Waals surface area contributed by atoms with Crippen LogP contribution in [0.3, 0.4) is 0 Å². The summed E-state index contributed by atoms with van der Waals surface area (Å²) in [5, 5.41) is 17.8. The molecule has 2 rings (SSSR count). The number of nitrogens with one attached hydrogen (secondary N) is 2. The maximum atomic E-state index is 9.74. The van der Waals surface area contributed by atoms with E-state index in [2.05, 4.69) is 17.6 Å². The lowest BCUT2D eigenvalue weighted by Gasteiger charge is -2.19. The molecule has 1 fully saturated rings. The third-order valence-electron chi connectivity index (χ3n) is 3.60. The fourth-order valence-electron chi connectivity index (χ4n) is 2.39. The fraction of sp³-hybridized carbons (Fsp3) is 0.571. The molecule has 0 amide bonds. The summed E-state index contributed by atoms with van der Waals surface area (Å²) in [6.45, 7) is 4.47. The number of β-amino-alcohol motifs (C(OH)–C–C–N with tert-alkyl or cyclic N) is 1. The molecule has 5 heteroatoms. The maximum Gasteiger partial charge on any atom is 0.0716 e. The fourth-order valence-corrected chi connectivity index (χ4v) is 2.94. The van der Waals surface area contributed by atoms with Crippen molar-refractivity contribution in [3.05, 3.63) is 33.8 Å². The molecule has 1 aliphatic rings. The number of rotatable bonds is 5. The largest absolute Gasteiger partial charge is 0.391 e. The van der Waals surface area contributed by atoms with Crippen molar-refractivity contribution in [1.82, 2.24) is 10.6 Å². The van der Waals surface area contributed by atoms with Crippen LogP contribution in [0, 0.1) is 5.92 Å². The highest BCUT2D eigenvalue weighted by atomic mass is 35.5. The van der Waals surface area contributed by atoms with Crippen LogP contribution in [-0.2, 0) is 6.42 Å². The Morgan fingerprint density at radius 3 is 2.63 bits per heavy atom. The van der Waals surface area contributed by atoms with Gasteiger partial charge in [-0.1, -0.05) is 29.3 Å². The minimum Gasteiger partial charge on any atom is -0.391 e. The van der Waals surface area contributed by atoms with Gasteiger partial charge in [-0.25, -0.2) is 0 Å². The van der Waals surface area contributed by atoms with Crippen LogP contribution in [0.15, 0.2) is 18.2 Å². The molecule has 19 heavy (non-hydrogen) atoms. The molecule has 0 aromatic heterocycles. The minimum absolute atomic E-state index is 0.247. The van der Waals surface area contributed by atoms with E-state index in [1.807, 2.05) is 18.2 Å². The van der Waals surface area contributed by atoms with Crippen LogP contribution in [0.2, 0.25) is 10.0 Å². The molecule has 1 aliphatic heterocycles. The monoisotopic (exact) mass is 302 g/mol. The molecule has 1 heterocycles. The average Bonchev–Trinajstić information content (AvgIpc) is 2.77. The predicted octanol–water partition coefficient (Wildman–Crippen LogP) is 2.09. The van der Waals surface area contributed by atoms with Crippen LogP contribution < -0.4 is 10.6 Å². The lowest BCUT2D eigenvalue weighted by Crippen LogP contribution is -2.36. The van der Waals surface area contributed by atoms with Gasteiger partial charge < -0.3 is 15.7 Å². The summed E-state index contributed by atoms with van der Waals surface area (Å²) >= 11 is 12.3. The summed E-state index contributed by atoms with van der Waals surface area (Å²) in [7, 11) is 0. The molecule has 0 saturated carbocycles. The van der Waals surface area contributed by atoms with Crippen LogP contribution >= 0.6 is 23.2 Å². The first kappa shape index (κ1) is 15.1. The molecule has 3 N–H and O–H groups in total. The molecule has 0 spiro atoms. The molecule has 1 aromatic rings. The molecule has 0 aliphatic carbocycles. The summed E-state index contributed by atoms with van der Waals surface area (Å²) in [5.41, 5.74) is 0.982. The van der Waals surface area contributed by atoms with E-state index >= 15 is 0 Å². The Morgan fingerprint density at radius 1 is 1.37 bits per heavy atom. The summed E-state index contributed by atoms with van der Waals surface area (Å²) in [6.07, 6.45) is 0.540. The normalized spacial score (nSPS) is 24.6. The van der Waals surface area contributed by atoms with Crippen molar-refractivity contribution in [3.8, 4) is 0 Å². The molecular weight excluding hydrogens is 283 g/mol. The van der Waals surface area contributed by atoms with Crippen molar-refractivity contribution in [3.63, 3.8) is 0 Å². The molecule has 1 aromatic carbocycles. The molecule has 0 bridgehead atoms. The van der Waals surface area contributed by atoms with Crippen molar-refractivity contribution >= 4 is 23.2 Å². The third kappa shape index (κ3) is 4.07. The van der Waals surface area contributed by atoms with Crippen LogP contribution in [-0.4, -0.2) is 36.9 Å². The Kier molecular flexibility index (Phi) is 5.48. The predicted molar refractivity (Wildman–Crippen MR) is 80.0 cm³/mol. The minimum atomic E-state index is -0.247. The van der Waals surface area contributed by atoms with Crippen LogP contribution in [0.1, 0.15) is 12.5 Å². The molecular formula is C14H20Cl2N2O. The molecule has 3 atom stereocenters. The number of aliphatic hydroxyl groups excluding tert-OH is 1. The molecule has 106 valence electrons. The van der Waals surface area contributed by atoms with Crippen molar-refractivity contribution in [2.45, 2.75) is 25.5 Å². The van der Waals surface area contributed by atoms with Gasteiger partial charge in [-0.3, -0.25) is 0 Å². The maximum absolute atomic E-state index is 9.74. The highest BCUT2D eigenvalue weighted by Crippen LogP contribution is 2.25. The molecule has 3 nitrogen and oxygen atoms in total. The number of hydrogen-bond donors (Lipinski definition) is 3. The van der Waals surface area contributed by atoms with E-state index < -0.39 is 0 Å². The first-order chi connectivity index (χ1) is 9.08. The van der Waals surface area contributed by atoms with Crippen molar-refractivity contribution in [2.24, 2.45) is 5.92 Å². The Bertz CT molecular complexity index is 408. The Hall–Kier alpha value is -0.320. The van der Waals surface area contributed by atoms with E-state index in [0.717, 1.165) is 25.1 Å². The van der Waals surface area contributed by atoms with E-state index in [9.17, 15) is 5.11 Å². The first-order valence-electron chi connectivity index (χ1n) is 6.63. The SMILES string of the molecule is CC(Cc1c(Cl)cccc1Cl)NCC1CNCC1O. The van der Waals surface area contributed by atoms with Crippen LogP contribution in [0.25, 0.3) is 0 Å². The summed E-state index contributed by atoms with van der Waals surface area (Å²) in [6, 6.07) is 5.85. The number of benzene rings is 1. The van der Waals surface area contributed by atoms with Gasteiger partial charge in [-0.2, -0.15) is 0 Å². The zero-order valence-electron chi connectivity index (χ0n) is 11.0. The molecule has 0 radical (unpaired) electrons. The van der Waals surface area contributed by atoms with E-state index in [0.29, 0.717) is 16.6 Å². The third-order valence-corrected chi connectivity index (χ3v) is 4.31. The second-order valence-electron chi connectivity index (χ2n) is 5.20. The Labute approximate surface area is 124 Å². The van der Waals surface area contributed by atoms with E-state index in [1.54, 1.807) is 0 Å². The topological polar surface area (TPSA) is 44.3 Å². The zero-order valence-corrected chi connectivity index (χ0v) is 12.5. The molecule has 3 unspecified atom stereocenters. The smallest absolute Gasteiger partial charge is 0.0716 e. The number of hydrogen-bond acceptors (Lipinski definition) is 3. The van der Waals surface area contributed by atoms with Gasteiger partial charge in [0.25, 0.3) is 0 Å².